The summed E-state index contributed by atoms with van der Waals surface area (Å²) in [6, 6.07) is 7.10. The van der Waals surface area contributed by atoms with Gasteiger partial charge in [0.2, 0.25) is 0 Å². The van der Waals surface area contributed by atoms with Crippen molar-refractivity contribution in [3.05, 3.63) is 40.9 Å². The third-order valence-corrected chi connectivity index (χ3v) is 5.07. The first-order valence-electron chi connectivity index (χ1n) is 9.15. The summed E-state index contributed by atoms with van der Waals surface area (Å²) in [5.41, 5.74) is 0.785. The smallest absolute Gasteiger partial charge is 0.344 e. The first-order valence-corrected chi connectivity index (χ1v) is 9.53. The standard InChI is InChI=1S/C21H27ClO4/c1-14(2)18-9-7-15(3)11-19(18)26-21(24)13-25-20(23)10-8-16-5-4-6-17(22)12-16/h4-6,8,10,12,14-15,18-19H,7,9,11,13H2,1-3H3/b10-8+/t15-,18-,19-/m1/s1. The fraction of sp³-hybridized carbons (Fsp3) is 0.524. The van der Waals surface area contributed by atoms with Crippen LogP contribution in [-0.2, 0) is 19.1 Å². The number of halogens is 1. The predicted octanol–water partition coefficient (Wildman–Crippen LogP) is 4.90. The summed E-state index contributed by atoms with van der Waals surface area (Å²) in [6.45, 7) is 6.12. The van der Waals surface area contributed by atoms with E-state index in [4.69, 9.17) is 21.1 Å². The van der Waals surface area contributed by atoms with Crippen LogP contribution in [0.15, 0.2) is 30.3 Å². The minimum Gasteiger partial charge on any atom is -0.460 e. The second kappa shape index (κ2) is 9.77. The van der Waals surface area contributed by atoms with Gasteiger partial charge in [0.25, 0.3) is 0 Å². The van der Waals surface area contributed by atoms with Gasteiger partial charge in [-0.3, -0.25) is 0 Å². The van der Waals surface area contributed by atoms with Crippen LogP contribution in [0.25, 0.3) is 6.08 Å². The van der Waals surface area contributed by atoms with Crippen molar-refractivity contribution in [2.45, 2.75) is 46.1 Å². The lowest BCUT2D eigenvalue weighted by molar-refractivity contribution is -0.165. The van der Waals surface area contributed by atoms with E-state index in [1.165, 1.54) is 12.5 Å². The molecule has 1 aliphatic rings. The number of rotatable bonds is 6. The van der Waals surface area contributed by atoms with E-state index in [2.05, 4.69) is 20.8 Å². The van der Waals surface area contributed by atoms with Gasteiger partial charge < -0.3 is 9.47 Å². The van der Waals surface area contributed by atoms with E-state index in [1.807, 2.05) is 6.07 Å². The predicted molar refractivity (Wildman–Crippen MR) is 103 cm³/mol. The van der Waals surface area contributed by atoms with Crippen molar-refractivity contribution in [3.63, 3.8) is 0 Å². The quantitative estimate of drug-likeness (QED) is 0.521. The molecule has 0 aromatic heterocycles. The molecule has 5 heteroatoms. The van der Waals surface area contributed by atoms with Crippen molar-refractivity contribution in [2.75, 3.05) is 6.61 Å². The van der Waals surface area contributed by atoms with Crippen molar-refractivity contribution in [1.82, 2.24) is 0 Å². The molecule has 4 nitrogen and oxygen atoms in total. The van der Waals surface area contributed by atoms with Gasteiger partial charge in [-0.15, -0.1) is 0 Å². The fourth-order valence-corrected chi connectivity index (χ4v) is 3.60. The molecule has 1 aromatic rings. The molecule has 3 atom stereocenters. The van der Waals surface area contributed by atoms with E-state index >= 15 is 0 Å². The molecule has 0 amide bonds. The van der Waals surface area contributed by atoms with Crippen LogP contribution in [-0.4, -0.2) is 24.6 Å². The second-order valence-electron chi connectivity index (χ2n) is 7.35. The molecule has 26 heavy (non-hydrogen) atoms. The maximum atomic E-state index is 12.1. The minimum absolute atomic E-state index is 0.0908. The lowest BCUT2D eigenvalue weighted by Crippen LogP contribution is -2.36. The van der Waals surface area contributed by atoms with E-state index in [-0.39, 0.29) is 12.7 Å². The van der Waals surface area contributed by atoms with Crippen LogP contribution in [0.5, 0.6) is 0 Å². The molecule has 142 valence electrons. The van der Waals surface area contributed by atoms with Crippen molar-refractivity contribution in [2.24, 2.45) is 17.8 Å². The molecule has 0 heterocycles. The average molecular weight is 379 g/mol. The van der Waals surface area contributed by atoms with Crippen molar-refractivity contribution < 1.29 is 19.1 Å². The van der Waals surface area contributed by atoms with Crippen LogP contribution in [0, 0.1) is 17.8 Å². The second-order valence-corrected chi connectivity index (χ2v) is 7.79. The number of hydrogen-bond donors (Lipinski definition) is 0. The summed E-state index contributed by atoms with van der Waals surface area (Å²) >= 11 is 5.89. The summed E-state index contributed by atoms with van der Waals surface area (Å²) in [5, 5.41) is 0.588. The highest BCUT2D eigenvalue weighted by molar-refractivity contribution is 6.30. The highest BCUT2D eigenvalue weighted by Gasteiger charge is 2.33. The first-order chi connectivity index (χ1) is 12.3. The van der Waals surface area contributed by atoms with Gasteiger partial charge in [0.15, 0.2) is 6.61 Å². The Morgan fingerprint density at radius 2 is 2.08 bits per heavy atom. The van der Waals surface area contributed by atoms with Crippen LogP contribution in [0.4, 0.5) is 0 Å². The molecule has 1 saturated carbocycles. The molecular formula is C21H27ClO4. The topological polar surface area (TPSA) is 52.6 Å². The molecule has 0 saturated heterocycles. The van der Waals surface area contributed by atoms with Gasteiger partial charge in [-0.05, 0) is 54.4 Å². The zero-order chi connectivity index (χ0) is 19.1. The Bertz CT molecular complexity index is 653. The molecule has 1 fully saturated rings. The summed E-state index contributed by atoms with van der Waals surface area (Å²) in [7, 11) is 0. The summed E-state index contributed by atoms with van der Waals surface area (Å²) in [5.74, 6) is 0.307. The van der Waals surface area contributed by atoms with E-state index in [0.717, 1.165) is 18.4 Å². The van der Waals surface area contributed by atoms with E-state index < -0.39 is 11.9 Å². The number of esters is 2. The van der Waals surface area contributed by atoms with Crippen molar-refractivity contribution >= 4 is 29.6 Å². The first kappa shape index (κ1) is 20.5. The van der Waals surface area contributed by atoms with Crippen LogP contribution >= 0.6 is 11.6 Å². The van der Waals surface area contributed by atoms with Crippen LogP contribution in [0.2, 0.25) is 5.02 Å². The van der Waals surface area contributed by atoms with Gasteiger partial charge in [0.1, 0.15) is 6.10 Å². The zero-order valence-electron chi connectivity index (χ0n) is 15.6. The molecule has 0 spiro atoms. The Labute approximate surface area is 160 Å². The molecule has 2 rings (SSSR count). The highest BCUT2D eigenvalue weighted by atomic mass is 35.5. The van der Waals surface area contributed by atoms with Crippen LogP contribution in [0.1, 0.15) is 45.6 Å². The largest absolute Gasteiger partial charge is 0.460 e. The van der Waals surface area contributed by atoms with Gasteiger partial charge in [-0.25, -0.2) is 9.59 Å². The minimum atomic E-state index is -0.584. The number of hydrogen-bond acceptors (Lipinski definition) is 4. The molecule has 0 N–H and O–H groups in total. The number of benzene rings is 1. The molecule has 0 bridgehead atoms. The fourth-order valence-electron chi connectivity index (χ4n) is 3.41. The van der Waals surface area contributed by atoms with E-state index in [9.17, 15) is 9.59 Å². The number of carbonyl (C=O) groups excluding carboxylic acids is 2. The summed E-state index contributed by atoms with van der Waals surface area (Å²) in [4.78, 5) is 23.8. The SMILES string of the molecule is CC(C)[C@H]1CC[C@@H](C)C[C@H]1OC(=O)COC(=O)/C=C/c1cccc(Cl)c1. The Balaban J connectivity index is 1.81. The Morgan fingerprint density at radius 1 is 1.31 bits per heavy atom. The third kappa shape index (κ3) is 6.49. The molecule has 1 aromatic carbocycles. The van der Waals surface area contributed by atoms with Gasteiger partial charge >= 0.3 is 11.9 Å². The number of ether oxygens (including phenoxy) is 2. The van der Waals surface area contributed by atoms with E-state index in [0.29, 0.717) is 22.8 Å². The van der Waals surface area contributed by atoms with Crippen LogP contribution in [0.3, 0.4) is 0 Å². The van der Waals surface area contributed by atoms with Gasteiger partial charge in [-0.2, -0.15) is 0 Å². The molecule has 0 aliphatic heterocycles. The molecule has 0 unspecified atom stereocenters. The van der Waals surface area contributed by atoms with E-state index in [1.54, 1.807) is 24.3 Å². The van der Waals surface area contributed by atoms with Crippen LogP contribution < -0.4 is 0 Å². The summed E-state index contributed by atoms with van der Waals surface area (Å²) in [6.07, 6.45) is 5.89. The monoisotopic (exact) mass is 378 g/mol. The van der Waals surface area contributed by atoms with Crippen molar-refractivity contribution in [1.29, 1.82) is 0 Å². The van der Waals surface area contributed by atoms with Gasteiger partial charge in [-0.1, -0.05) is 50.9 Å². The highest BCUT2D eigenvalue weighted by Crippen LogP contribution is 2.35. The molecule has 0 radical (unpaired) electrons. The van der Waals surface area contributed by atoms with Gasteiger partial charge in [0.05, 0.1) is 0 Å². The average Bonchev–Trinajstić information content (AvgIpc) is 2.58. The Morgan fingerprint density at radius 3 is 2.77 bits per heavy atom. The lowest BCUT2D eigenvalue weighted by atomic mass is 9.75. The number of carbonyl (C=O) groups is 2. The van der Waals surface area contributed by atoms with Gasteiger partial charge in [0, 0.05) is 11.1 Å². The Hall–Kier alpha value is -1.81. The summed E-state index contributed by atoms with van der Waals surface area (Å²) < 4.78 is 10.6. The third-order valence-electron chi connectivity index (χ3n) is 4.84. The lowest BCUT2D eigenvalue weighted by Gasteiger charge is -2.36. The maximum absolute atomic E-state index is 12.1. The zero-order valence-corrected chi connectivity index (χ0v) is 16.4. The maximum Gasteiger partial charge on any atom is 0.344 e. The Kier molecular flexibility index (Phi) is 7.70. The van der Waals surface area contributed by atoms with Crippen molar-refractivity contribution in [3.8, 4) is 0 Å². The normalized spacial score (nSPS) is 23.2. The molecular weight excluding hydrogens is 352 g/mol. The molecule has 1 aliphatic carbocycles.